The number of aromatic carboxylic acids is 1. The first-order valence-electron chi connectivity index (χ1n) is 5.76. The molecular weight excluding hydrogens is 280 g/mol. The van der Waals surface area contributed by atoms with Crippen molar-refractivity contribution in [1.29, 1.82) is 0 Å². The Hall–Kier alpha value is -2.46. The number of carbonyl (C=O) groups excluding carboxylic acids is 2. The fraction of sp³-hybridized carbons (Fsp3) is 0. The Bertz CT molecular complexity index is 792. The van der Waals surface area contributed by atoms with E-state index in [2.05, 4.69) is 0 Å². The van der Waals surface area contributed by atoms with Gasteiger partial charge in [0.2, 0.25) is 0 Å². The van der Waals surface area contributed by atoms with Crippen LogP contribution in [0.3, 0.4) is 0 Å². The number of hydrogen-bond donors (Lipinski definition) is 1. The van der Waals surface area contributed by atoms with Gasteiger partial charge in [0.05, 0.1) is 5.56 Å². The second-order valence-corrected chi connectivity index (χ2v) is 4.82. The van der Waals surface area contributed by atoms with Crippen LogP contribution in [0.5, 0.6) is 0 Å². The zero-order valence-electron chi connectivity index (χ0n) is 10.0. The van der Waals surface area contributed by atoms with Crippen LogP contribution >= 0.6 is 11.6 Å². The van der Waals surface area contributed by atoms with Crippen molar-refractivity contribution in [1.82, 2.24) is 0 Å². The molecule has 0 spiro atoms. The van der Waals surface area contributed by atoms with E-state index in [0.717, 1.165) is 0 Å². The van der Waals surface area contributed by atoms with Gasteiger partial charge in [0.25, 0.3) is 0 Å². The molecule has 98 valence electrons. The van der Waals surface area contributed by atoms with Gasteiger partial charge < -0.3 is 5.11 Å². The number of carbonyl (C=O) groups is 3. The van der Waals surface area contributed by atoms with E-state index in [0.29, 0.717) is 0 Å². The van der Waals surface area contributed by atoms with Crippen molar-refractivity contribution in [3.63, 3.8) is 0 Å². The number of halogens is 1. The number of carboxylic acids is 1. The molecule has 3 rings (SSSR count). The predicted octanol–water partition coefficient (Wildman–Crippen LogP) is 2.81. The van der Waals surface area contributed by atoms with E-state index >= 15 is 0 Å². The molecule has 2 aromatic carbocycles. The van der Waals surface area contributed by atoms with Crippen LogP contribution in [0.2, 0.25) is 5.02 Å². The number of rotatable bonds is 1. The van der Waals surface area contributed by atoms with Gasteiger partial charge in [-0.3, -0.25) is 9.59 Å². The molecule has 1 aliphatic carbocycles. The molecule has 0 bridgehead atoms. The molecule has 5 heteroatoms. The van der Waals surface area contributed by atoms with Crippen LogP contribution in [0.15, 0.2) is 36.4 Å². The fourth-order valence-corrected chi connectivity index (χ4v) is 2.58. The van der Waals surface area contributed by atoms with Crippen LogP contribution in [-0.4, -0.2) is 22.6 Å². The molecule has 0 saturated heterocycles. The van der Waals surface area contributed by atoms with Gasteiger partial charge in [-0.15, -0.1) is 0 Å². The Morgan fingerprint density at radius 1 is 0.950 bits per heavy atom. The normalized spacial score (nSPS) is 12.8. The van der Waals surface area contributed by atoms with Gasteiger partial charge in [-0.05, 0) is 12.1 Å². The highest BCUT2D eigenvalue weighted by atomic mass is 35.5. The van der Waals surface area contributed by atoms with Crippen molar-refractivity contribution in [2.45, 2.75) is 0 Å². The van der Waals surface area contributed by atoms with Gasteiger partial charge in [0, 0.05) is 27.3 Å². The Kier molecular flexibility index (Phi) is 2.69. The van der Waals surface area contributed by atoms with E-state index < -0.39 is 11.8 Å². The summed E-state index contributed by atoms with van der Waals surface area (Å²) in [7, 11) is 0. The molecule has 0 heterocycles. The zero-order chi connectivity index (χ0) is 14.4. The first-order valence-corrected chi connectivity index (χ1v) is 6.13. The van der Waals surface area contributed by atoms with E-state index in [1.807, 2.05) is 0 Å². The number of ketones is 2. The summed E-state index contributed by atoms with van der Waals surface area (Å²) in [5, 5.41) is 9.31. The largest absolute Gasteiger partial charge is 0.478 e. The van der Waals surface area contributed by atoms with E-state index in [9.17, 15) is 19.5 Å². The monoisotopic (exact) mass is 286 g/mol. The fourth-order valence-electron chi connectivity index (χ4n) is 2.36. The minimum absolute atomic E-state index is 0.0404. The molecular formula is C15H7ClO4. The van der Waals surface area contributed by atoms with Crippen LogP contribution in [0, 0.1) is 0 Å². The number of fused-ring (bicyclic) bond motifs is 2. The molecule has 2 aromatic rings. The van der Waals surface area contributed by atoms with Crippen molar-refractivity contribution in [2.24, 2.45) is 0 Å². The van der Waals surface area contributed by atoms with Crippen molar-refractivity contribution in [3.8, 4) is 0 Å². The standard InChI is InChI=1S/C15H7ClO4/c16-7-5-10-12(11(6-7)15(19)20)14(18)9-4-2-1-3-8(9)13(10)17/h1-6H,(H,19,20). The molecule has 1 N–H and O–H groups in total. The Morgan fingerprint density at radius 3 is 2.15 bits per heavy atom. The van der Waals surface area contributed by atoms with Crippen LogP contribution in [0.4, 0.5) is 0 Å². The highest BCUT2D eigenvalue weighted by Gasteiger charge is 2.33. The predicted molar refractivity (Wildman–Crippen MR) is 71.7 cm³/mol. The maximum absolute atomic E-state index is 12.4. The Balaban J connectivity index is 2.39. The van der Waals surface area contributed by atoms with Gasteiger partial charge in [0.15, 0.2) is 11.6 Å². The summed E-state index contributed by atoms with van der Waals surface area (Å²) >= 11 is 5.84. The van der Waals surface area contributed by atoms with Gasteiger partial charge in [-0.25, -0.2) is 4.79 Å². The van der Waals surface area contributed by atoms with Crippen molar-refractivity contribution in [3.05, 3.63) is 69.2 Å². The zero-order valence-corrected chi connectivity index (χ0v) is 10.8. The Labute approximate surface area is 118 Å². The van der Waals surface area contributed by atoms with Crippen molar-refractivity contribution < 1.29 is 19.5 Å². The Morgan fingerprint density at radius 2 is 1.55 bits per heavy atom. The summed E-state index contributed by atoms with van der Waals surface area (Å²) in [4.78, 5) is 36.1. The van der Waals surface area contributed by atoms with Gasteiger partial charge in [-0.1, -0.05) is 35.9 Å². The first kappa shape index (κ1) is 12.6. The van der Waals surface area contributed by atoms with E-state index in [1.54, 1.807) is 18.2 Å². The minimum Gasteiger partial charge on any atom is -0.478 e. The molecule has 0 amide bonds. The second kappa shape index (κ2) is 4.28. The molecule has 0 unspecified atom stereocenters. The summed E-state index contributed by atoms with van der Waals surface area (Å²) in [6, 6.07) is 8.85. The van der Waals surface area contributed by atoms with E-state index in [4.69, 9.17) is 11.6 Å². The highest BCUT2D eigenvalue weighted by molar-refractivity contribution is 6.35. The van der Waals surface area contributed by atoms with Gasteiger partial charge >= 0.3 is 5.97 Å². The maximum atomic E-state index is 12.4. The molecule has 0 aliphatic heterocycles. The maximum Gasteiger partial charge on any atom is 0.336 e. The molecule has 0 radical (unpaired) electrons. The van der Waals surface area contributed by atoms with Crippen LogP contribution in [0.25, 0.3) is 0 Å². The van der Waals surface area contributed by atoms with Crippen molar-refractivity contribution >= 4 is 29.1 Å². The van der Waals surface area contributed by atoms with Crippen LogP contribution in [-0.2, 0) is 0 Å². The summed E-state index contributed by atoms with van der Waals surface area (Å²) in [6.07, 6.45) is 0. The number of carboxylic acid groups (broad SMARTS) is 1. The van der Waals surface area contributed by atoms with Gasteiger partial charge in [0.1, 0.15) is 0 Å². The van der Waals surface area contributed by atoms with Crippen LogP contribution < -0.4 is 0 Å². The van der Waals surface area contributed by atoms with Crippen LogP contribution in [0.1, 0.15) is 42.2 Å². The summed E-state index contributed by atoms with van der Waals surface area (Å²) < 4.78 is 0. The number of benzene rings is 2. The first-order chi connectivity index (χ1) is 9.50. The summed E-state index contributed by atoms with van der Waals surface area (Å²) in [5.41, 5.74) is 0.183. The molecule has 0 atom stereocenters. The lowest BCUT2D eigenvalue weighted by atomic mass is 9.82. The topological polar surface area (TPSA) is 71.4 Å². The number of hydrogen-bond acceptors (Lipinski definition) is 3. The third-order valence-electron chi connectivity index (χ3n) is 3.22. The second-order valence-electron chi connectivity index (χ2n) is 4.38. The molecule has 0 saturated carbocycles. The van der Waals surface area contributed by atoms with Gasteiger partial charge in [-0.2, -0.15) is 0 Å². The molecule has 4 nitrogen and oxygen atoms in total. The molecule has 1 aliphatic rings. The third-order valence-corrected chi connectivity index (χ3v) is 3.44. The third kappa shape index (κ3) is 1.66. The summed E-state index contributed by atoms with van der Waals surface area (Å²) in [6.45, 7) is 0. The summed E-state index contributed by atoms with van der Waals surface area (Å²) in [5.74, 6) is -2.14. The smallest absolute Gasteiger partial charge is 0.336 e. The van der Waals surface area contributed by atoms with E-state index in [1.165, 1.54) is 18.2 Å². The lowest BCUT2D eigenvalue weighted by molar-refractivity contribution is 0.0692. The highest BCUT2D eigenvalue weighted by Crippen LogP contribution is 2.31. The minimum atomic E-state index is -1.29. The molecule has 20 heavy (non-hydrogen) atoms. The molecule has 0 fully saturated rings. The molecule has 0 aromatic heterocycles. The average molecular weight is 287 g/mol. The van der Waals surface area contributed by atoms with Crippen molar-refractivity contribution in [2.75, 3.05) is 0 Å². The van der Waals surface area contributed by atoms with E-state index in [-0.39, 0.29) is 38.6 Å². The lowest BCUT2D eigenvalue weighted by Gasteiger charge is -2.19. The SMILES string of the molecule is O=C(O)c1cc(Cl)cc2c1C(=O)c1ccccc1C2=O. The quantitative estimate of drug-likeness (QED) is 0.746. The lowest BCUT2D eigenvalue weighted by Crippen LogP contribution is -2.23. The average Bonchev–Trinajstić information content (AvgIpc) is 2.43.